The fraction of sp³-hybridized carbons (Fsp3) is 0.789. The lowest BCUT2D eigenvalue weighted by Gasteiger charge is -2.42. The highest BCUT2D eigenvalue weighted by Gasteiger charge is 2.44. The predicted octanol–water partition coefficient (Wildman–Crippen LogP) is 6.44. The van der Waals surface area contributed by atoms with Gasteiger partial charge in [0.2, 0.25) is 8.32 Å². The zero-order valence-corrected chi connectivity index (χ0v) is 16.8. The second-order valence-electron chi connectivity index (χ2n) is 7.57. The molecule has 1 aromatic heterocycles. The van der Waals surface area contributed by atoms with Crippen molar-refractivity contribution in [2.24, 2.45) is 0 Å². The summed E-state index contributed by atoms with van der Waals surface area (Å²) in [5.41, 5.74) is 4.53. The van der Waals surface area contributed by atoms with E-state index in [-0.39, 0.29) is 0 Å². The summed E-state index contributed by atoms with van der Waals surface area (Å²) < 4.78 is 6.65. The summed E-state index contributed by atoms with van der Waals surface area (Å²) in [7, 11) is -1.75. The number of aryl methyl sites for hydroxylation is 1. The van der Waals surface area contributed by atoms with Gasteiger partial charge in [0.15, 0.2) is 0 Å². The molecule has 0 bridgehead atoms. The number of H-pyrrole nitrogens is 1. The molecule has 0 aliphatic heterocycles. The van der Waals surface area contributed by atoms with E-state index in [0.717, 1.165) is 13.0 Å². The van der Waals surface area contributed by atoms with Crippen molar-refractivity contribution >= 4 is 8.32 Å². The molecule has 0 saturated carbocycles. The van der Waals surface area contributed by atoms with Crippen LogP contribution in [0.4, 0.5) is 0 Å². The average Bonchev–Trinajstić information content (AvgIpc) is 2.86. The van der Waals surface area contributed by atoms with E-state index in [0.29, 0.717) is 16.6 Å². The van der Waals surface area contributed by atoms with E-state index in [1.807, 2.05) is 0 Å². The summed E-state index contributed by atoms with van der Waals surface area (Å²) >= 11 is 0. The third-order valence-electron chi connectivity index (χ3n) is 5.04. The third kappa shape index (κ3) is 4.72. The van der Waals surface area contributed by atoms with E-state index in [4.69, 9.17) is 4.43 Å². The van der Waals surface area contributed by atoms with Gasteiger partial charge in [-0.25, -0.2) is 0 Å². The van der Waals surface area contributed by atoms with Crippen molar-refractivity contribution in [3.05, 3.63) is 23.5 Å². The van der Waals surface area contributed by atoms with Crippen molar-refractivity contribution in [2.45, 2.75) is 97.4 Å². The molecule has 22 heavy (non-hydrogen) atoms. The quantitative estimate of drug-likeness (QED) is 0.389. The smallest absolute Gasteiger partial charge is 0.200 e. The monoisotopic (exact) mass is 323 g/mol. The molecule has 0 amide bonds. The van der Waals surface area contributed by atoms with Crippen LogP contribution in [-0.2, 0) is 17.5 Å². The lowest BCUT2D eigenvalue weighted by molar-refractivity contribution is 0.262. The van der Waals surface area contributed by atoms with E-state index in [1.54, 1.807) is 0 Å². The molecule has 0 radical (unpaired) electrons. The normalized spacial score (nSPS) is 12.8. The minimum Gasteiger partial charge on any atom is -0.410 e. The van der Waals surface area contributed by atoms with Gasteiger partial charge in [0.1, 0.15) is 0 Å². The Morgan fingerprint density at radius 3 is 1.95 bits per heavy atom. The molecule has 0 unspecified atom stereocenters. The van der Waals surface area contributed by atoms with Gasteiger partial charge in [-0.2, -0.15) is 0 Å². The van der Waals surface area contributed by atoms with Crippen LogP contribution in [0, 0.1) is 0 Å². The predicted molar refractivity (Wildman–Crippen MR) is 99.9 cm³/mol. The molecule has 0 aromatic carbocycles. The molecule has 0 aliphatic carbocycles. The Balaban J connectivity index is 2.69. The van der Waals surface area contributed by atoms with E-state index < -0.39 is 8.32 Å². The minimum atomic E-state index is -1.75. The first-order valence-electron chi connectivity index (χ1n) is 9.15. The second kappa shape index (κ2) is 8.93. The summed E-state index contributed by atoms with van der Waals surface area (Å²) in [6, 6.07) is 4.44. The van der Waals surface area contributed by atoms with Crippen LogP contribution < -0.4 is 0 Å². The molecular weight excluding hydrogens is 286 g/mol. The molecule has 128 valence electrons. The number of nitrogens with one attached hydrogen (secondary N) is 1. The van der Waals surface area contributed by atoms with Gasteiger partial charge in [-0.15, -0.1) is 0 Å². The average molecular weight is 324 g/mol. The zero-order valence-electron chi connectivity index (χ0n) is 15.8. The van der Waals surface area contributed by atoms with Crippen LogP contribution >= 0.6 is 0 Å². The SMILES string of the molecule is CCCCCc1ccc(CO[Si](C(C)C)(C(C)C)C(C)C)[nH]1. The van der Waals surface area contributed by atoms with E-state index in [1.165, 1.54) is 30.7 Å². The Bertz CT molecular complexity index is 401. The molecule has 3 heteroatoms. The second-order valence-corrected chi connectivity index (χ2v) is 13.0. The summed E-state index contributed by atoms with van der Waals surface area (Å²) in [5.74, 6) is 0. The van der Waals surface area contributed by atoms with Gasteiger partial charge in [-0.3, -0.25) is 0 Å². The van der Waals surface area contributed by atoms with Crippen LogP contribution in [0.3, 0.4) is 0 Å². The number of aromatic amines is 1. The maximum absolute atomic E-state index is 6.65. The first kappa shape index (κ1) is 19.5. The van der Waals surface area contributed by atoms with Crippen molar-refractivity contribution in [3.63, 3.8) is 0 Å². The first-order chi connectivity index (χ1) is 10.3. The van der Waals surface area contributed by atoms with Gasteiger partial charge < -0.3 is 9.41 Å². The number of rotatable bonds is 10. The fourth-order valence-corrected chi connectivity index (χ4v) is 9.39. The van der Waals surface area contributed by atoms with Gasteiger partial charge in [0, 0.05) is 11.4 Å². The molecule has 1 N–H and O–H groups in total. The Morgan fingerprint density at radius 1 is 0.909 bits per heavy atom. The highest BCUT2D eigenvalue weighted by Crippen LogP contribution is 2.42. The maximum atomic E-state index is 6.65. The third-order valence-corrected chi connectivity index (χ3v) is 11.1. The summed E-state index contributed by atoms with van der Waals surface area (Å²) in [6.45, 7) is 17.1. The van der Waals surface area contributed by atoms with Crippen LogP contribution in [0.25, 0.3) is 0 Å². The minimum absolute atomic E-state index is 0.645. The van der Waals surface area contributed by atoms with Gasteiger partial charge in [-0.1, -0.05) is 61.3 Å². The lowest BCUT2D eigenvalue weighted by Crippen LogP contribution is -2.47. The summed E-state index contributed by atoms with van der Waals surface area (Å²) in [4.78, 5) is 3.56. The number of aromatic nitrogens is 1. The lowest BCUT2D eigenvalue weighted by atomic mass is 10.2. The number of hydrogen-bond acceptors (Lipinski definition) is 1. The van der Waals surface area contributed by atoms with E-state index in [9.17, 15) is 0 Å². The van der Waals surface area contributed by atoms with Gasteiger partial charge in [-0.05, 0) is 41.6 Å². The Labute approximate surface area is 139 Å². The van der Waals surface area contributed by atoms with Gasteiger partial charge in [0.05, 0.1) is 6.61 Å². The number of unbranched alkanes of at least 4 members (excludes halogenated alkanes) is 2. The van der Waals surface area contributed by atoms with Gasteiger partial charge in [0.25, 0.3) is 0 Å². The number of hydrogen-bond donors (Lipinski definition) is 1. The van der Waals surface area contributed by atoms with E-state index in [2.05, 4.69) is 65.6 Å². The summed E-state index contributed by atoms with van der Waals surface area (Å²) in [5, 5.41) is 0. The molecule has 1 heterocycles. The van der Waals surface area contributed by atoms with Crippen molar-refractivity contribution in [1.82, 2.24) is 4.98 Å². The Hall–Kier alpha value is -0.543. The van der Waals surface area contributed by atoms with Crippen molar-refractivity contribution < 1.29 is 4.43 Å². The van der Waals surface area contributed by atoms with Crippen LogP contribution in [-0.4, -0.2) is 13.3 Å². The topological polar surface area (TPSA) is 25.0 Å². The molecule has 2 nitrogen and oxygen atoms in total. The van der Waals surface area contributed by atoms with Crippen LogP contribution in [0.1, 0.15) is 79.1 Å². The molecule has 0 atom stereocenters. The van der Waals surface area contributed by atoms with Crippen LogP contribution in [0.15, 0.2) is 12.1 Å². The Morgan fingerprint density at radius 2 is 1.45 bits per heavy atom. The molecule has 1 aromatic rings. The molecule has 0 spiro atoms. The van der Waals surface area contributed by atoms with Crippen LogP contribution in [0.2, 0.25) is 16.6 Å². The van der Waals surface area contributed by atoms with Crippen molar-refractivity contribution in [1.29, 1.82) is 0 Å². The molecule has 0 aliphatic rings. The zero-order chi connectivity index (χ0) is 16.8. The molecule has 1 rings (SSSR count). The largest absolute Gasteiger partial charge is 0.410 e. The maximum Gasteiger partial charge on any atom is 0.200 e. The van der Waals surface area contributed by atoms with Crippen molar-refractivity contribution in [3.8, 4) is 0 Å². The van der Waals surface area contributed by atoms with E-state index >= 15 is 0 Å². The summed E-state index contributed by atoms with van der Waals surface area (Å²) in [6.07, 6.45) is 5.03. The Kier molecular flexibility index (Phi) is 7.91. The van der Waals surface area contributed by atoms with Crippen molar-refractivity contribution in [2.75, 3.05) is 0 Å². The fourth-order valence-electron chi connectivity index (χ4n) is 3.99. The highest BCUT2D eigenvalue weighted by molar-refractivity contribution is 6.77. The first-order valence-corrected chi connectivity index (χ1v) is 11.3. The standard InChI is InChI=1S/C19H37NOSi/c1-8-9-10-11-18-12-13-19(20-18)14-21-22(15(2)3,16(4)5)17(6)7/h12-13,15-17,20H,8-11,14H2,1-7H3. The highest BCUT2D eigenvalue weighted by atomic mass is 28.4. The van der Waals surface area contributed by atoms with Gasteiger partial charge >= 0.3 is 0 Å². The molecular formula is C19H37NOSi. The molecule has 0 fully saturated rings. The van der Waals surface area contributed by atoms with Crippen LogP contribution in [0.5, 0.6) is 0 Å². The molecule has 0 saturated heterocycles.